The summed E-state index contributed by atoms with van der Waals surface area (Å²) in [4.78, 5) is 60.2. The van der Waals surface area contributed by atoms with Crippen molar-refractivity contribution in [2.45, 2.75) is 63.5 Å². The summed E-state index contributed by atoms with van der Waals surface area (Å²) in [5.74, 6) is -0.344. The van der Waals surface area contributed by atoms with E-state index in [1.807, 2.05) is 91.0 Å². The van der Waals surface area contributed by atoms with E-state index in [2.05, 4.69) is 21.7 Å². The van der Waals surface area contributed by atoms with Crippen LogP contribution in [0.5, 0.6) is 0 Å². The van der Waals surface area contributed by atoms with Gasteiger partial charge in [-0.3, -0.25) is 19.2 Å². The molecule has 258 valence electrons. The highest BCUT2D eigenvalue weighted by molar-refractivity contribution is 6.01. The molecule has 4 amide bonds. The van der Waals surface area contributed by atoms with Crippen molar-refractivity contribution >= 4 is 45.9 Å². The summed E-state index contributed by atoms with van der Waals surface area (Å²) in [6.45, 7) is 1.18. The quantitative estimate of drug-likeness (QED) is 0.179. The number of likely N-dealkylation sites (tertiary alicyclic amines) is 2. The van der Waals surface area contributed by atoms with Crippen LogP contribution in [-0.2, 0) is 44.9 Å². The maximum absolute atomic E-state index is 13.5. The number of anilines is 2. The molecule has 9 heteroatoms. The molecule has 2 fully saturated rings. The molecule has 0 unspecified atom stereocenters. The van der Waals surface area contributed by atoms with Gasteiger partial charge in [-0.2, -0.15) is 0 Å². The predicted molar refractivity (Wildman–Crippen MR) is 198 cm³/mol. The largest absolute Gasteiger partial charge is 0.354 e. The molecule has 0 bridgehead atoms. The van der Waals surface area contributed by atoms with Crippen LogP contribution in [-0.4, -0.2) is 63.6 Å². The van der Waals surface area contributed by atoms with Crippen molar-refractivity contribution in [3.8, 4) is 11.3 Å². The lowest BCUT2D eigenvalue weighted by Crippen LogP contribution is -2.43. The SMILES string of the molecule is O=C(Nc1ccc2c(c1)CCc1c-2[nH]c2ccc(NC(=O)[C@@H]3CCCN3C(=O)Cc3ccccc3)cc12)[C@@H]1CCCN1C(=O)Cc1ccccc1. The first-order valence-corrected chi connectivity index (χ1v) is 18.0. The second-order valence-corrected chi connectivity index (χ2v) is 13.9. The number of hydrogen-bond donors (Lipinski definition) is 3. The van der Waals surface area contributed by atoms with Crippen LogP contribution in [0.3, 0.4) is 0 Å². The van der Waals surface area contributed by atoms with Crippen molar-refractivity contribution in [1.29, 1.82) is 0 Å². The van der Waals surface area contributed by atoms with E-state index in [1.54, 1.807) is 9.80 Å². The standard InChI is InChI=1S/C42H41N5O4/c48-38(23-27-9-3-1-4-10-27)46-21-7-13-36(46)41(50)43-30-16-19-32-29(25-30)15-18-33-34-26-31(17-20-35(34)45-40(32)33)44-42(51)37-14-8-22-47(37)39(49)24-28-11-5-2-6-12-28/h1-6,9-12,16-17,19-20,25-26,36-37,45H,7-8,13-15,18,21-24H2,(H,43,50)(H,44,51)/t36-,37-/m0/s1. The smallest absolute Gasteiger partial charge is 0.247 e. The second kappa shape index (κ2) is 13.9. The molecule has 1 aromatic heterocycles. The van der Waals surface area contributed by atoms with E-state index in [0.717, 1.165) is 70.2 Å². The summed E-state index contributed by atoms with van der Waals surface area (Å²) in [5, 5.41) is 7.26. The van der Waals surface area contributed by atoms with Crippen LogP contribution >= 0.6 is 0 Å². The number of hydrogen-bond acceptors (Lipinski definition) is 4. The molecule has 2 aliphatic heterocycles. The fourth-order valence-corrected chi connectivity index (χ4v) is 8.07. The Bertz CT molecular complexity index is 2130. The van der Waals surface area contributed by atoms with Gasteiger partial charge in [-0.15, -0.1) is 0 Å². The maximum Gasteiger partial charge on any atom is 0.247 e. The van der Waals surface area contributed by atoms with E-state index in [1.165, 1.54) is 5.56 Å². The first-order chi connectivity index (χ1) is 24.9. The van der Waals surface area contributed by atoms with Gasteiger partial charge in [-0.05, 0) is 91.1 Å². The number of nitrogens with zero attached hydrogens (tertiary/aromatic N) is 2. The minimum absolute atomic E-state index is 0.0206. The van der Waals surface area contributed by atoms with Gasteiger partial charge < -0.3 is 25.4 Å². The molecule has 3 heterocycles. The van der Waals surface area contributed by atoms with Crippen molar-refractivity contribution in [1.82, 2.24) is 14.8 Å². The maximum atomic E-state index is 13.5. The number of rotatable bonds is 8. The lowest BCUT2D eigenvalue weighted by atomic mass is 9.88. The summed E-state index contributed by atoms with van der Waals surface area (Å²) < 4.78 is 0. The Kier molecular flexibility index (Phi) is 8.86. The summed E-state index contributed by atoms with van der Waals surface area (Å²) in [6, 6.07) is 30.3. The van der Waals surface area contributed by atoms with Gasteiger partial charge in [0, 0.05) is 46.6 Å². The molecule has 4 aromatic carbocycles. The molecule has 2 atom stereocenters. The van der Waals surface area contributed by atoms with Crippen molar-refractivity contribution in [3.63, 3.8) is 0 Å². The van der Waals surface area contributed by atoms with Crippen LogP contribution in [0.4, 0.5) is 11.4 Å². The van der Waals surface area contributed by atoms with E-state index in [4.69, 9.17) is 0 Å². The molecule has 2 saturated heterocycles. The van der Waals surface area contributed by atoms with Crippen molar-refractivity contribution < 1.29 is 19.2 Å². The molecule has 3 aliphatic rings. The van der Waals surface area contributed by atoms with Crippen LogP contribution in [0.25, 0.3) is 22.2 Å². The van der Waals surface area contributed by atoms with Gasteiger partial charge in [0.25, 0.3) is 0 Å². The van der Waals surface area contributed by atoms with Crippen LogP contribution in [0.1, 0.15) is 47.9 Å². The molecule has 5 aromatic rings. The van der Waals surface area contributed by atoms with E-state index in [-0.39, 0.29) is 30.0 Å². The Morgan fingerprint density at radius 2 is 1.20 bits per heavy atom. The normalized spacial score (nSPS) is 18.0. The third-order valence-electron chi connectivity index (χ3n) is 10.6. The molecule has 8 rings (SSSR count). The molecule has 0 radical (unpaired) electrons. The van der Waals surface area contributed by atoms with Crippen molar-refractivity contribution in [2.24, 2.45) is 0 Å². The summed E-state index contributed by atoms with van der Waals surface area (Å²) in [7, 11) is 0. The number of carbonyl (C=O) groups excluding carboxylic acids is 4. The summed E-state index contributed by atoms with van der Waals surface area (Å²) in [5.41, 5.74) is 8.81. The van der Waals surface area contributed by atoms with Gasteiger partial charge in [0.2, 0.25) is 23.6 Å². The fourth-order valence-electron chi connectivity index (χ4n) is 8.07. The van der Waals surface area contributed by atoms with Crippen LogP contribution in [0.2, 0.25) is 0 Å². The molecular weight excluding hydrogens is 638 g/mol. The van der Waals surface area contributed by atoms with Gasteiger partial charge in [0.05, 0.1) is 12.8 Å². The number of H-pyrrole nitrogens is 1. The van der Waals surface area contributed by atoms with Crippen LogP contribution in [0, 0.1) is 0 Å². The number of fused-ring (bicyclic) bond motifs is 5. The third-order valence-corrected chi connectivity index (χ3v) is 10.6. The summed E-state index contributed by atoms with van der Waals surface area (Å²) >= 11 is 0. The van der Waals surface area contributed by atoms with Crippen LogP contribution in [0.15, 0.2) is 97.1 Å². The Labute approximate surface area is 297 Å². The first-order valence-electron chi connectivity index (χ1n) is 18.0. The minimum atomic E-state index is -0.481. The number of amides is 4. The molecular formula is C42H41N5O4. The molecule has 9 nitrogen and oxygen atoms in total. The lowest BCUT2D eigenvalue weighted by molar-refractivity contribution is -0.136. The third kappa shape index (κ3) is 6.64. The van der Waals surface area contributed by atoms with Crippen LogP contribution < -0.4 is 10.6 Å². The van der Waals surface area contributed by atoms with E-state index in [9.17, 15) is 19.2 Å². The van der Waals surface area contributed by atoms with Gasteiger partial charge in [-0.1, -0.05) is 66.7 Å². The number of benzene rings is 4. The fraction of sp³-hybridized carbons (Fsp3) is 0.286. The Hall–Kier alpha value is -5.70. The summed E-state index contributed by atoms with van der Waals surface area (Å²) in [6.07, 6.45) is 5.12. The Morgan fingerprint density at radius 1 is 0.647 bits per heavy atom. The molecule has 3 N–H and O–H groups in total. The Balaban J connectivity index is 0.941. The predicted octanol–water partition coefficient (Wildman–Crippen LogP) is 6.28. The number of carbonyl (C=O) groups is 4. The van der Waals surface area contributed by atoms with Crippen molar-refractivity contribution in [2.75, 3.05) is 23.7 Å². The van der Waals surface area contributed by atoms with Gasteiger partial charge >= 0.3 is 0 Å². The monoisotopic (exact) mass is 679 g/mol. The number of aryl methyl sites for hydroxylation is 2. The highest BCUT2D eigenvalue weighted by Crippen LogP contribution is 2.39. The number of aromatic nitrogens is 1. The Morgan fingerprint density at radius 3 is 1.78 bits per heavy atom. The van der Waals surface area contributed by atoms with Gasteiger partial charge in [0.1, 0.15) is 12.1 Å². The highest BCUT2D eigenvalue weighted by Gasteiger charge is 2.35. The number of nitrogens with one attached hydrogen (secondary N) is 3. The van der Waals surface area contributed by atoms with Gasteiger partial charge in [-0.25, -0.2) is 0 Å². The minimum Gasteiger partial charge on any atom is -0.354 e. The second-order valence-electron chi connectivity index (χ2n) is 13.9. The average molecular weight is 680 g/mol. The van der Waals surface area contributed by atoms with Crippen molar-refractivity contribution in [3.05, 3.63) is 119 Å². The molecule has 1 aliphatic carbocycles. The topological polar surface area (TPSA) is 115 Å². The molecule has 51 heavy (non-hydrogen) atoms. The van der Waals surface area contributed by atoms with E-state index >= 15 is 0 Å². The zero-order valence-corrected chi connectivity index (χ0v) is 28.5. The zero-order valence-electron chi connectivity index (χ0n) is 28.5. The first kappa shape index (κ1) is 32.5. The van der Waals surface area contributed by atoms with E-state index in [0.29, 0.717) is 38.0 Å². The average Bonchev–Trinajstić information content (AvgIpc) is 3.92. The van der Waals surface area contributed by atoms with Gasteiger partial charge in [0.15, 0.2) is 0 Å². The molecule has 0 spiro atoms. The zero-order chi connectivity index (χ0) is 34.9. The van der Waals surface area contributed by atoms with E-state index < -0.39 is 12.1 Å². The highest BCUT2D eigenvalue weighted by atomic mass is 16.2. The number of aromatic amines is 1. The lowest BCUT2D eigenvalue weighted by Gasteiger charge is -2.24. The molecule has 0 saturated carbocycles.